The van der Waals surface area contributed by atoms with Crippen LogP contribution in [0.5, 0.6) is 0 Å². The number of fused-ring (bicyclic) bond motifs is 1. The van der Waals surface area contributed by atoms with Crippen LogP contribution in [0.2, 0.25) is 0 Å². The van der Waals surface area contributed by atoms with Crippen molar-refractivity contribution in [2.24, 2.45) is 0 Å². The predicted octanol–water partition coefficient (Wildman–Crippen LogP) is 5.09. The molecule has 3 rings (SSSR count). The monoisotopic (exact) mass is 448 g/mol. The predicted molar refractivity (Wildman–Crippen MR) is 84.7 cm³/mol. The lowest BCUT2D eigenvalue weighted by Gasteiger charge is -2.25. The third-order valence-corrected chi connectivity index (χ3v) is 5.97. The lowest BCUT2D eigenvalue weighted by Crippen LogP contribution is -2.25. The summed E-state index contributed by atoms with van der Waals surface area (Å²) in [6.07, 6.45) is -9.24. The van der Waals surface area contributed by atoms with E-state index in [-0.39, 0.29) is 42.7 Å². The maximum absolute atomic E-state index is 13.9. The first-order valence-corrected chi connectivity index (χ1v) is 9.56. The normalized spacial score (nSPS) is 17.9. The number of hydrogen-bond donors (Lipinski definition) is 2. The van der Waals surface area contributed by atoms with E-state index < -0.39 is 56.1 Å². The number of H-pyrrole nitrogens is 1. The van der Waals surface area contributed by atoms with Gasteiger partial charge in [0.1, 0.15) is 16.5 Å². The van der Waals surface area contributed by atoms with Gasteiger partial charge in [0.05, 0.1) is 17.2 Å². The highest BCUT2D eigenvalue weighted by Crippen LogP contribution is 2.44. The molecule has 0 fully saturated rings. The molecule has 160 valence electrons. The Kier molecular flexibility index (Phi) is 5.08. The quantitative estimate of drug-likeness (QED) is 0.643. The summed E-state index contributed by atoms with van der Waals surface area (Å²) >= 11 is 0. The van der Waals surface area contributed by atoms with Crippen molar-refractivity contribution < 1.29 is 43.5 Å². The van der Waals surface area contributed by atoms with Gasteiger partial charge in [0.15, 0.2) is 0 Å². The van der Waals surface area contributed by atoms with E-state index in [1.54, 1.807) is 4.72 Å². The first kappa shape index (κ1) is 21.4. The summed E-state index contributed by atoms with van der Waals surface area (Å²) in [5.41, 5.74) is -3.53. The molecule has 1 aromatic heterocycles. The lowest BCUT2D eigenvalue weighted by atomic mass is 9.87. The molecule has 0 saturated heterocycles. The molecule has 1 heterocycles. The number of sulfonamides is 1. The van der Waals surface area contributed by atoms with E-state index >= 15 is 0 Å². The van der Waals surface area contributed by atoms with Crippen LogP contribution in [-0.2, 0) is 22.6 Å². The molecule has 1 aliphatic carbocycles. The number of rotatable bonds is 3. The molecule has 2 aromatic rings. The third kappa shape index (κ3) is 4.05. The average Bonchev–Trinajstić information content (AvgIpc) is 3.00. The molecule has 13 heteroatoms. The fourth-order valence-electron chi connectivity index (χ4n) is 3.26. The Balaban J connectivity index is 1.98. The van der Waals surface area contributed by atoms with Crippen molar-refractivity contribution in [3.63, 3.8) is 0 Å². The van der Waals surface area contributed by atoms with E-state index in [9.17, 15) is 43.5 Å². The Hall–Kier alpha value is -2.31. The molecule has 4 nitrogen and oxygen atoms in total. The molecule has 0 radical (unpaired) electrons. The first-order valence-electron chi connectivity index (χ1n) is 8.07. The number of halogens is 8. The minimum absolute atomic E-state index is 0.00842. The SMILES string of the molecule is O=S(=O)(Nc1cc(F)c(C(F)(F)F)cc1F)c1c[nH]c2c1CCCC2C(F)(F)F. The van der Waals surface area contributed by atoms with Gasteiger partial charge in [0.25, 0.3) is 10.0 Å². The largest absolute Gasteiger partial charge is 0.419 e. The minimum Gasteiger partial charge on any atom is -0.363 e. The molecule has 0 spiro atoms. The summed E-state index contributed by atoms with van der Waals surface area (Å²) in [5, 5.41) is 0. The van der Waals surface area contributed by atoms with Gasteiger partial charge in [0, 0.05) is 18.0 Å². The molecule has 0 bridgehead atoms. The van der Waals surface area contributed by atoms with Crippen molar-refractivity contribution in [2.75, 3.05) is 4.72 Å². The number of alkyl halides is 6. The topological polar surface area (TPSA) is 62.0 Å². The van der Waals surface area contributed by atoms with Crippen LogP contribution in [0.25, 0.3) is 0 Å². The van der Waals surface area contributed by atoms with Crippen molar-refractivity contribution in [3.05, 3.63) is 46.8 Å². The molecule has 0 saturated carbocycles. The Bertz CT molecular complexity index is 1040. The molecular weight excluding hydrogens is 436 g/mol. The van der Waals surface area contributed by atoms with Crippen LogP contribution in [-0.4, -0.2) is 19.6 Å². The molecule has 0 amide bonds. The van der Waals surface area contributed by atoms with Crippen LogP contribution in [0, 0.1) is 11.6 Å². The molecule has 0 aliphatic heterocycles. The zero-order valence-electron chi connectivity index (χ0n) is 14.2. The van der Waals surface area contributed by atoms with E-state index in [1.165, 1.54) is 0 Å². The number of hydrogen-bond acceptors (Lipinski definition) is 2. The summed E-state index contributed by atoms with van der Waals surface area (Å²) in [7, 11) is -4.70. The first-order chi connectivity index (χ1) is 13.2. The van der Waals surface area contributed by atoms with Gasteiger partial charge in [-0.15, -0.1) is 0 Å². The fourth-order valence-corrected chi connectivity index (χ4v) is 4.56. The van der Waals surface area contributed by atoms with Gasteiger partial charge >= 0.3 is 12.4 Å². The average molecular weight is 448 g/mol. The van der Waals surface area contributed by atoms with Gasteiger partial charge in [-0.25, -0.2) is 17.2 Å². The molecule has 1 aromatic carbocycles. The van der Waals surface area contributed by atoms with Crippen molar-refractivity contribution in [3.8, 4) is 0 Å². The number of aromatic nitrogens is 1. The molecule has 29 heavy (non-hydrogen) atoms. The highest BCUT2D eigenvalue weighted by Gasteiger charge is 2.45. The standard InChI is InChI=1S/C16H12F8N2O2S/c17-10-5-12(11(18)4-9(10)16(22,23)24)26-29(27,28)13-6-25-14-7(13)2-1-3-8(14)15(19,20)21/h4-6,8,25-26H,1-3H2. The second-order valence-corrected chi connectivity index (χ2v) is 8.10. The molecule has 1 aliphatic rings. The van der Waals surface area contributed by atoms with E-state index in [0.29, 0.717) is 0 Å². The van der Waals surface area contributed by atoms with E-state index in [4.69, 9.17) is 0 Å². The lowest BCUT2D eigenvalue weighted by molar-refractivity contribution is -0.154. The number of aromatic amines is 1. The smallest absolute Gasteiger partial charge is 0.363 e. The molecule has 1 unspecified atom stereocenters. The second-order valence-electron chi connectivity index (χ2n) is 6.45. The van der Waals surface area contributed by atoms with Gasteiger partial charge in [-0.3, -0.25) is 4.72 Å². The van der Waals surface area contributed by atoms with Gasteiger partial charge < -0.3 is 4.98 Å². The summed E-state index contributed by atoms with van der Waals surface area (Å²) < 4.78 is 131. The third-order valence-electron chi connectivity index (χ3n) is 4.54. The highest BCUT2D eigenvalue weighted by atomic mass is 32.2. The summed E-state index contributed by atoms with van der Waals surface area (Å²) in [6.45, 7) is 0. The van der Waals surface area contributed by atoms with Gasteiger partial charge in [0.2, 0.25) is 0 Å². The van der Waals surface area contributed by atoms with E-state index in [0.717, 1.165) is 6.20 Å². The number of benzene rings is 1. The van der Waals surface area contributed by atoms with Crippen molar-refractivity contribution in [1.29, 1.82) is 0 Å². The van der Waals surface area contributed by atoms with Crippen LogP contribution < -0.4 is 4.72 Å². The second kappa shape index (κ2) is 6.89. The van der Waals surface area contributed by atoms with Crippen LogP contribution in [0.15, 0.2) is 23.2 Å². The van der Waals surface area contributed by atoms with Gasteiger partial charge in [-0.2, -0.15) is 26.3 Å². The van der Waals surface area contributed by atoms with Crippen molar-refractivity contribution in [2.45, 2.75) is 42.4 Å². The zero-order chi connectivity index (χ0) is 21.8. The Morgan fingerprint density at radius 3 is 2.28 bits per heavy atom. The van der Waals surface area contributed by atoms with Gasteiger partial charge in [-0.1, -0.05) is 0 Å². The van der Waals surface area contributed by atoms with Gasteiger partial charge in [-0.05, 0) is 30.9 Å². The summed E-state index contributed by atoms with van der Waals surface area (Å²) in [4.78, 5) is 1.66. The van der Waals surface area contributed by atoms with Crippen LogP contribution in [0.4, 0.5) is 40.8 Å². The minimum atomic E-state index is -5.20. The molecular formula is C16H12F8N2O2S. The Morgan fingerprint density at radius 1 is 1.03 bits per heavy atom. The van der Waals surface area contributed by atoms with Crippen molar-refractivity contribution >= 4 is 15.7 Å². The zero-order valence-corrected chi connectivity index (χ0v) is 15.0. The van der Waals surface area contributed by atoms with Crippen LogP contribution in [0.3, 0.4) is 0 Å². The van der Waals surface area contributed by atoms with Crippen LogP contribution in [0.1, 0.15) is 35.6 Å². The summed E-state index contributed by atoms with van der Waals surface area (Å²) in [5.74, 6) is -5.51. The van der Waals surface area contributed by atoms with E-state index in [2.05, 4.69) is 4.98 Å². The molecule has 1 atom stereocenters. The highest BCUT2D eigenvalue weighted by molar-refractivity contribution is 7.92. The Morgan fingerprint density at radius 2 is 1.69 bits per heavy atom. The number of anilines is 1. The maximum atomic E-state index is 13.9. The maximum Gasteiger partial charge on any atom is 0.419 e. The fraction of sp³-hybridized carbons (Fsp3) is 0.375. The van der Waals surface area contributed by atoms with Crippen molar-refractivity contribution in [1.82, 2.24) is 4.98 Å². The number of nitrogens with one attached hydrogen (secondary N) is 2. The van der Waals surface area contributed by atoms with E-state index in [1.807, 2.05) is 0 Å². The Labute approximate surface area is 159 Å². The molecule has 2 N–H and O–H groups in total. The van der Waals surface area contributed by atoms with Crippen LogP contribution >= 0.6 is 0 Å². The summed E-state index contributed by atoms with van der Waals surface area (Å²) in [6, 6.07) is -0.188.